The van der Waals surface area contributed by atoms with Crippen LogP contribution in [0.2, 0.25) is 0 Å². The number of unbranched alkanes of at least 4 members (excludes halogenated alkanes) is 2. The van der Waals surface area contributed by atoms with Crippen molar-refractivity contribution in [3.05, 3.63) is 89.5 Å². The van der Waals surface area contributed by atoms with Crippen molar-refractivity contribution < 1.29 is 19.4 Å². The molecule has 0 amide bonds. The predicted molar refractivity (Wildman–Crippen MR) is 147 cm³/mol. The second-order valence-electron chi connectivity index (χ2n) is 9.13. The minimum absolute atomic E-state index is 0.0730. The van der Waals surface area contributed by atoms with Crippen molar-refractivity contribution in [2.45, 2.75) is 59.5 Å². The molecule has 4 nitrogen and oxygen atoms in total. The van der Waals surface area contributed by atoms with Crippen LogP contribution in [0.15, 0.2) is 72.8 Å². The quantitative estimate of drug-likeness (QED) is 0.156. The molecule has 1 N–H and O–H groups in total. The van der Waals surface area contributed by atoms with Crippen LogP contribution in [-0.2, 0) is 29.0 Å². The zero-order valence-electron chi connectivity index (χ0n) is 21.8. The highest BCUT2D eigenvalue weighted by molar-refractivity contribution is 5.87. The third-order valence-electron chi connectivity index (χ3n) is 6.27. The number of hydrogen-bond acceptors (Lipinski definition) is 4. The number of rotatable bonds is 13. The lowest BCUT2D eigenvalue weighted by Gasteiger charge is -2.15. The number of esters is 1. The van der Waals surface area contributed by atoms with E-state index in [1.165, 1.54) is 41.5 Å². The maximum absolute atomic E-state index is 11.9. The Labute approximate surface area is 215 Å². The van der Waals surface area contributed by atoms with E-state index >= 15 is 0 Å². The molecule has 4 heteroatoms. The molecule has 0 saturated carbocycles. The smallest absolute Gasteiger partial charge is 0.333 e. The zero-order valence-corrected chi connectivity index (χ0v) is 21.8. The van der Waals surface area contributed by atoms with Gasteiger partial charge in [0.1, 0.15) is 19.0 Å². The van der Waals surface area contributed by atoms with E-state index in [1.807, 2.05) is 18.2 Å². The highest BCUT2D eigenvalue weighted by atomic mass is 16.5. The fourth-order valence-corrected chi connectivity index (χ4v) is 4.21. The number of aliphatic hydroxyl groups is 1. The largest absolute Gasteiger partial charge is 0.491 e. The number of carbonyl (C=O) groups is 1. The lowest BCUT2D eigenvalue weighted by atomic mass is 9.92. The summed E-state index contributed by atoms with van der Waals surface area (Å²) >= 11 is 0. The summed E-state index contributed by atoms with van der Waals surface area (Å²) in [4.78, 5) is 11.9. The second-order valence-corrected chi connectivity index (χ2v) is 9.13. The molecule has 3 aromatic rings. The molecule has 0 aromatic heterocycles. The first-order valence-electron chi connectivity index (χ1n) is 12.9. The van der Waals surface area contributed by atoms with Crippen molar-refractivity contribution in [3.63, 3.8) is 0 Å². The van der Waals surface area contributed by atoms with Crippen LogP contribution in [0.25, 0.3) is 22.3 Å². The van der Waals surface area contributed by atoms with E-state index in [0.717, 1.165) is 29.5 Å². The van der Waals surface area contributed by atoms with Gasteiger partial charge >= 0.3 is 5.97 Å². The minimum atomic E-state index is -0.442. The Morgan fingerprint density at radius 3 is 2.19 bits per heavy atom. The topological polar surface area (TPSA) is 55.8 Å². The molecule has 0 atom stereocenters. The number of aryl methyl sites for hydroxylation is 2. The maximum Gasteiger partial charge on any atom is 0.333 e. The Kier molecular flexibility index (Phi) is 10.3. The third kappa shape index (κ3) is 7.32. The Bertz CT molecular complexity index is 1160. The molecule has 3 aromatic carbocycles. The summed E-state index contributed by atoms with van der Waals surface area (Å²) in [5.41, 5.74) is 8.36. The van der Waals surface area contributed by atoms with E-state index in [2.05, 4.69) is 62.9 Å². The van der Waals surface area contributed by atoms with E-state index in [4.69, 9.17) is 14.6 Å². The molecule has 0 aliphatic carbocycles. The van der Waals surface area contributed by atoms with Crippen molar-refractivity contribution in [2.75, 3.05) is 13.2 Å². The van der Waals surface area contributed by atoms with Gasteiger partial charge in [-0.15, -0.1) is 0 Å². The van der Waals surface area contributed by atoms with Crippen LogP contribution in [0.3, 0.4) is 0 Å². The standard InChI is InChI=1S/C32H38O4/c1-5-7-8-9-24-10-12-26(13-11-24)30-16-14-27(20-25(30)6-2)28-15-17-31(35-19-18-33)29(21-28)22-36-32(34)23(3)4/h10-17,20-21,33H,3,5-9,18-19,22H2,1-2,4H3. The molecule has 0 saturated heterocycles. The third-order valence-corrected chi connectivity index (χ3v) is 6.27. The molecule has 3 rings (SSSR count). The van der Waals surface area contributed by atoms with Crippen molar-refractivity contribution in [3.8, 4) is 28.0 Å². The van der Waals surface area contributed by atoms with Gasteiger partial charge in [0, 0.05) is 11.1 Å². The summed E-state index contributed by atoms with van der Waals surface area (Å²) in [5.74, 6) is 0.149. The zero-order chi connectivity index (χ0) is 25.9. The molecular weight excluding hydrogens is 448 g/mol. The van der Waals surface area contributed by atoms with Gasteiger partial charge in [0.15, 0.2) is 0 Å². The number of benzene rings is 3. The van der Waals surface area contributed by atoms with Crippen LogP contribution < -0.4 is 4.74 Å². The Morgan fingerprint density at radius 1 is 0.889 bits per heavy atom. The van der Waals surface area contributed by atoms with Gasteiger partial charge in [-0.3, -0.25) is 0 Å². The maximum atomic E-state index is 11.9. The van der Waals surface area contributed by atoms with Crippen molar-refractivity contribution in [1.82, 2.24) is 0 Å². The fourth-order valence-electron chi connectivity index (χ4n) is 4.21. The van der Waals surface area contributed by atoms with Crippen LogP contribution in [0.1, 0.15) is 56.7 Å². The molecule has 0 aliphatic heterocycles. The molecule has 0 unspecified atom stereocenters. The Hall–Kier alpha value is -3.37. The highest BCUT2D eigenvalue weighted by Gasteiger charge is 2.12. The van der Waals surface area contributed by atoms with Crippen LogP contribution in [0.5, 0.6) is 5.75 Å². The molecule has 0 spiro atoms. The highest BCUT2D eigenvalue weighted by Crippen LogP contribution is 2.32. The molecular formula is C32H38O4. The molecule has 36 heavy (non-hydrogen) atoms. The number of ether oxygens (including phenoxy) is 2. The Morgan fingerprint density at radius 2 is 1.56 bits per heavy atom. The first-order chi connectivity index (χ1) is 17.5. The monoisotopic (exact) mass is 486 g/mol. The van der Waals surface area contributed by atoms with Gasteiger partial charge in [-0.2, -0.15) is 0 Å². The van der Waals surface area contributed by atoms with Crippen LogP contribution in [-0.4, -0.2) is 24.3 Å². The van der Waals surface area contributed by atoms with Gasteiger partial charge in [-0.1, -0.05) is 81.8 Å². The molecule has 190 valence electrons. The first-order valence-corrected chi connectivity index (χ1v) is 12.9. The number of hydrogen-bond donors (Lipinski definition) is 1. The fraction of sp³-hybridized carbons (Fsp3) is 0.344. The van der Waals surface area contributed by atoms with E-state index in [-0.39, 0.29) is 19.8 Å². The second kappa shape index (κ2) is 13.6. The normalized spacial score (nSPS) is 10.8. The summed E-state index contributed by atoms with van der Waals surface area (Å²) in [6.07, 6.45) is 5.81. The number of aliphatic hydroxyl groups excluding tert-OH is 1. The first kappa shape index (κ1) is 27.2. The van der Waals surface area contributed by atoms with Crippen LogP contribution >= 0.6 is 0 Å². The van der Waals surface area contributed by atoms with E-state index in [9.17, 15) is 4.79 Å². The van der Waals surface area contributed by atoms with Gasteiger partial charge in [0.05, 0.1) is 6.61 Å². The van der Waals surface area contributed by atoms with Crippen molar-refractivity contribution >= 4 is 5.97 Å². The summed E-state index contributed by atoms with van der Waals surface area (Å²) in [7, 11) is 0. The molecule has 0 aliphatic rings. The minimum Gasteiger partial charge on any atom is -0.491 e. The van der Waals surface area contributed by atoms with Gasteiger partial charge in [-0.05, 0) is 71.7 Å². The predicted octanol–water partition coefficient (Wildman–Crippen LogP) is 7.31. The average Bonchev–Trinajstić information content (AvgIpc) is 2.90. The lowest BCUT2D eigenvalue weighted by molar-refractivity contribution is -0.140. The summed E-state index contributed by atoms with van der Waals surface area (Å²) in [5, 5.41) is 9.16. The molecule has 0 fully saturated rings. The van der Waals surface area contributed by atoms with Gasteiger partial charge in [0.25, 0.3) is 0 Å². The van der Waals surface area contributed by atoms with E-state index < -0.39 is 5.97 Å². The van der Waals surface area contributed by atoms with Crippen molar-refractivity contribution in [1.29, 1.82) is 0 Å². The molecule has 0 radical (unpaired) electrons. The molecule has 0 bridgehead atoms. The summed E-state index contributed by atoms with van der Waals surface area (Å²) in [6, 6.07) is 21.4. The van der Waals surface area contributed by atoms with E-state index in [0.29, 0.717) is 11.3 Å². The van der Waals surface area contributed by atoms with Gasteiger partial charge in [0.2, 0.25) is 0 Å². The van der Waals surface area contributed by atoms with Gasteiger partial charge < -0.3 is 14.6 Å². The number of carbonyl (C=O) groups excluding carboxylic acids is 1. The SMILES string of the molecule is C=C(C)C(=O)OCc1cc(-c2ccc(-c3ccc(CCCCC)cc3)c(CC)c2)ccc1OCCO. The summed E-state index contributed by atoms with van der Waals surface area (Å²) in [6.45, 7) is 9.83. The lowest BCUT2D eigenvalue weighted by Crippen LogP contribution is -2.08. The van der Waals surface area contributed by atoms with Crippen molar-refractivity contribution in [2.24, 2.45) is 0 Å². The Balaban J connectivity index is 1.87. The summed E-state index contributed by atoms with van der Waals surface area (Å²) < 4.78 is 11.1. The molecule has 0 heterocycles. The van der Waals surface area contributed by atoms with Gasteiger partial charge in [-0.25, -0.2) is 4.79 Å². The average molecular weight is 487 g/mol. The van der Waals surface area contributed by atoms with Crippen LogP contribution in [0, 0.1) is 0 Å². The van der Waals surface area contributed by atoms with Crippen LogP contribution in [0.4, 0.5) is 0 Å². The van der Waals surface area contributed by atoms with E-state index in [1.54, 1.807) is 6.92 Å².